The molecule has 0 unspecified atom stereocenters. The number of hydrogen-bond donors (Lipinski definition) is 1. The van der Waals surface area contributed by atoms with Crippen LogP contribution in [0, 0.1) is 13.8 Å². The standard InChI is InChI=1S/C22H21NO6/c1-13-4-9-17(14(2)12-13)18-19(24)21(26)23(20(18)25)16-7-5-15(6-8-16)22(27)29-11-10-28-3/h4-9,12,24H,10-11H2,1-3H3. The van der Waals surface area contributed by atoms with Gasteiger partial charge in [-0.1, -0.05) is 23.8 Å². The summed E-state index contributed by atoms with van der Waals surface area (Å²) in [4.78, 5) is 38.4. The molecule has 0 fully saturated rings. The molecule has 0 aromatic heterocycles. The normalized spacial score (nSPS) is 14.0. The van der Waals surface area contributed by atoms with Crippen LogP contribution in [0.2, 0.25) is 0 Å². The molecule has 2 amide bonds. The number of aliphatic hydroxyl groups is 1. The molecule has 0 aliphatic carbocycles. The highest BCUT2D eigenvalue weighted by atomic mass is 16.6. The van der Waals surface area contributed by atoms with E-state index in [0.29, 0.717) is 5.56 Å². The second-order valence-electron chi connectivity index (χ2n) is 6.66. The summed E-state index contributed by atoms with van der Waals surface area (Å²) in [6.07, 6.45) is 0. The monoisotopic (exact) mass is 395 g/mol. The van der Waals surface area contributed by atoms with Gasteiger partial charge in [0.1, 0.15) is 6.61 Å². The maximum atomic E-state index is 12.9. The van der Waals surface area contributed by atoms with Gasteiger partial charge < -0.3 is 14.6 Å². The fraction of sp³-hybridized carbons (Fsp3) is 0.227. The van der Waals surface area contributed by atoms with E-state index in [2.05, 4.69) is 0 Å². The number of benzene rings is 2. The molecule has 3 rings (SSSR count). The number of aliphatic hydroxyl groups excluding tert-OH is 1. The van der Waals surface area contributed by atoms with Crippen LogP contribution in [-0.2, 0) is 19.1 Å². The highest BCUT2D eigenvalue weighted by Gasteiger charge is 2.40. The molecule has 0 saturated heterocycles. The van der Waals surface area contributed by atoms with Crippen LogP contribution in [-0.4, -0.2) is 43.2 Å². The minimum Gasteiger partial charge on any atom is -0.502 e. The molecule has 1 aliphatic heterocycles. The highest BCUT2D eigenvalue weighted by molar-refractivity contribution is 6.45. The molecule has 0 atom stereocenters. The number of methoxy groups -OCH3 is 1. The summed E-state index contributed by atoms with van der Waals surface area (Å²) in [7, 11) is 1.50. The molecule has 2 aromatic rings. The molecule has 0 radical (unpaired) electrons. The van der Waals surface area contributed by atoms with Gasteiger partial charge in [0.25, 0.3) is 5.91 Å². The van der Waals surface area contributed by atoms with Crippen LogP contribution in [0.4, 0.5) is 5.69 Å². The Morgan fingerprint density at radius 2 is 1.69 bits per heavy atom. The number of aryl methyl sites for hydroxylation is 2. The van der Waals surface area contributed by atoms with Crippen LogP contribution >= 0.6 is 0 Å². The lowest BCUT2D eigenvalue weighted by molar-refractivity contribution is -0.121. The Morgan fingerprint density at radius 3 is 2.31 bits per heavy atom. The van der Waals surface area contributed by atoms with Crippen molar-refractivity contribution in [3.63, 3.8) is 0 Å². The number of amides is 2. The third-order valence-electron chi connectivity index (χ3n) is 4.59. The lowest BCUT2D eigenvalue weighted by Crippen LogP contribution is -2.31. The van der Waals surface area contributed by atoms with Gasteiger partial charge in [0.2, 0.25) is 0 Å². The molecule has 1 heterocycles. The number of ether oxygens (including phenoxy) is 2. The van der Waals surface area contributed by atoms with Crippen LogP contribution in [0.25, 0.3) is 5.57 Å². The Hall–Kier alpha value is -3.45. The molecular weight excluding hydrogens is 374 g/mol. The number of hydrogen-bond acceptors (Lipinski definition) is 6. The van der Waals surface area contributed by atoms with E-state index in [1.807, 2.05) is 26.0 Å². The summed E-state index contributed by atoms with van der Waals surface area (Å²) in [5.74, 6) is -2.55. The Morgan fingerprint density at radius 1 is 1.00 bits per heavy atom. The van der Waals surface area contributed by atoms with Gasteiger partial charge in [0.05, 0.1) is 23.4 Å². The van der Waals surface area contributed by atoms with Gasteiger partial charge in [-0.15, -0.1) is 0 Å². The molecule has 2 aromatic carbocycles. The largest absolute Gasteiger partial charge is 0.502 e. The molecular formula is C22H21NO6. The van der Waals surface area contributed by atoms with Gasteiger partial charge in [0, 0.05) is 7.11 Å². The molecule has 29 heavy (non-hydrogen) atoms. The number of anilines is 1. The van der Waals surface area contributed by atoms with Crippen LogP contribution in [0.1, 0.15) is 27.0 Å². The molecule has 0 spiro atoms. The number of carbonyl (C=O) groups is 3. The number of rotatable bonds is 6. The van der Waals surface area contributed by atoms with Gasteiger partial charge in [0.15, 0.2) is 5.76 Å². The predicted octanol–water partition coefficient (Wildman–Crippen LogP) is 2.95. The fourth-order valence-corrected chi connectivity index (χ4v) is 3.14. The Kier molecular flexibility index (Phi) is 5.79. The number of imide groups is 1. The van der Waals surface area contributed by atoms with Crippen LogP contribution < -0.4 is 4.90 Å². The van der Waals surface area contributed by atoms with E-state index in [4.69, 9.17) is 9.47 Å². The van der Waals surface area contributed by atoms with Crippen molar-refractivity contribution in [1.82, 2.24) is 0 Å². The summed E-state index contributed by atoms with van der Waals surface area (Å²) in [5, 5.41) is 10.4. The Bertz CT molecular complexity index is 1010. The summed E-state index contributed by atoms with van der Waals surface area (Å²) in [6.45, 7) is 4.14. The molecule has 1 aliphatic rings. The number of carbonyl (C=O) groups excluding carboxylic acids is 3. The zero-order valence-electron chi connectivity index (χ0n) is 16.4. The summed E-state index contributed by atoms with van der Waals surface area (Å²) < 4.78 is 9.85. The molecule has 150 valence electrons. The van der Waals surface area contributed by atoms with Crippen LogP contribution in [0.3, 0.4) is 0 Å². The van der Waals surface area contributed by atoms with Gasteiger partial charge in [-0.05, 0) is 49.2 Å². The van der Waals surface area contributed by atoms with Crippen molar-refractivity contribution < 1.29 is 29.0 Å². The second-order valence-corrected chi connectivity index (χ2v) is 6.66. The van der Waals surface area contributed by atoms with Gasteiger partial charge in [-0.3, -0.25) is 9.59 Å². The molecule has 1 N–H and O–H groups in total. The van der Waals surface area contributed by atoms with Crippen LogP contribution in [0.5, 0.6) is 0 Å². The van der Waals surface area contributed by atoms with Crippen molar-refractivity contribution in [2.75, 3.05) is 25.2 Å². The quantitative estimate of drug-likeness (QED) is 0.459. The smallest absolute Gasteiger partial charge is 0.338 e. The minimum absolute atomic E-state index is 0.0319. The van der Waals surface area contributed by atoms with Crippen molar-refractivity contribution >= 4 is 29.0 Å². The minimum atomic E-state index is -0.805. The van der Waals surface area contributed by atoms with Crippen molar-refractivity contribution in [2.45, 2.75) is 13.8 Å². The maximum absolute atomic E-state index is 12.9. The van der Waals surface area contributed by atoms with E-state index >= 15 is 0 Å². The average Bonchev–Trinajstić information content (AvgIpc) is 2.91. The van der Waals surface area contributed by atoms with Crippen molar-refractivity contribution in [3.8, 4) is 0 Å². The third kappa shape index (κ3) is 3.90. The zero-order valence-corrected chi connectivity index (χ0v) is 16.4. The molecule has 7 nitrogen and oxygen atoms in total. The summed E-state index contributed by atoms with van der Waals surface area (Å²) in [5.41, 5.74) is 2.79. The maximum Gasteiger partial charge on any atom is 0.338 e. The van der Waals surface area contributed by atoms with Gasteiger partial charge in [-0.2, -0.15) is 0 Å². The first kappa shape index (κ1) is 20.3. The molecule has 0 saturated carbocycles. The van der Waals surface area contributed by atoms with E-state index in [9.17, 15) is 19.5 Å². The zero-order chi connectivity index (χ0) is 21.1. The predicted molar refractivity (Wildman–Crippen MR) is 107 cm³/mol. The topological polar surface area (TPSA) is 93.1 Å². The van der Waals surface area contributed by atoms with Crippen LogP contribution in [0.15, 0.2) is 48.2 Å². The number of esters is 1. The first-order valence-electron chi connectivity index (χ1n) is 9.01. The lowest BCUT2D eigenvalue weighted by Gasteiger charge is -2.15. The lowest BCUT2D eigenvalue weighted by atomic mass is 9.98. The van der Waals surface area contributed by atoms with E-state index in [0.717, 1.165) is 16.0 Å². The second kappa shape index (κ2) is 8.28. The number of nitrogens with zero attached hydrogens (tertiary/aromatic N) is 1. The Balaban J connectivity index is 1.85. The SMILES string of the molecule is COCCOC(=O)c1ccc(N2C(=O)C(O)=C(c3ccc(C)cc3C)C2=O)cc1. The molecule has 0 bridgehead atoms. The Labute approximate surface area is 168 Å². The summed E-state index contributed by atoms with van der Waals surface area (Å²) >= 11 is 0. The average molecular weight is 395 g/mol. The van der Waals surface area contributed by atoms with Gasteiger partial charge in [-0.25, -0.2) is 9.69 Å². The fourth-order valence-electron chi connectivity index (χ4n) is 3.14. The van der Waals surface area contributed by atoms with Crippen molar-refractivity contribution in [2.24, 2.45) is 0 Å². The van der Waals surface area contributed by atoms with E-state index in [1.165, 1.54) is 31.4 Å². The van der Waals surface area contributed by atoms with Crippen molar-refractivity contribution in [1.29, 1.82) is 0 Å². The van der Waals surface area contributed by atoms with E-state index in [-0.39, 0.29) is 30.0 Å². The van der Waals surface area contributed by atoms with E-state index < -0.39 is 23.5 Å². The van der Waals surface area contributed by atoms with Crippen molar-refractivity contribution in [3.05, 3.63) is 70.5 Å². The first-order chi connectivity index (χ1) is 13.8. The summed E-state index contributed by atoms with van der Waals surface area (Å²) in [6, 6.07) is 11.2. The first-order valence-corrected chi connectivity index (χ1v) is 9.01. The highest BCUT2D eigenvalue weighted by Crippen LogP contribution is 2.33. The molecule has 7 heteroatoms. The van der Waals surface area contributed by atoms with Gasteiger partial charge >= 0.3 is 11.9 Å². The third-order valence-corrected chi connectivity index (χ3v) is 4.59. The van der Waals surface area contributed by atoms with E-state index in [1.54, 1.807) is 6.07 Å².